The molecule has 1 saturated carbocycles. The van der Waals surface area contributed by atoms with E-state index in [1.807, 2.05) is 13.0 Å². The number of amides is 4. The van der Waals surface area contributed by atoms with E-state index in [0.29, 0.717) is 17.2 Å². The van der Waals surface area contributed by atoms with Crippen LogP contribution in [0.15, 0.2) is 29.4 Å². The van der Waals surface area contributed by atoms with Gasteiger partial charge in [0.1, 0.15) is 18.7 Å². The molecule has 2 heterocycles. The third-order valence-corrected chi connectivity index (χ3v) is 8.46. The number of oxime groups is 1. The van der Waals surface area contributed by atoms with Crippen molar-refractivity contribution < 1.29 is 38.3 Å². The Labute approximate surface area is 281 Å². The molecule has 3 aliphatic rings. The normalized spacial score (nSPS) is 21.5. The van der Waals surface area contributed by atoms with Gasteiger partial charge in [-0.1, -0.05) is 70.4 Å². The summed E-state index contributed by atoms with van der Waals surface area (Å²) in [5.41, 5.74) is -0.476. The SMILES string of the molecule is C.CCC[C@H](NC(=O)[C@@H]1C[C@]2(CC(c3cccc(Cl)c3)=NO2)CN1C(=O)[C@@H](NC(=O)OCCOC)C(C)(C)C)C(=O)C(=O)NC1CC1. The van der Waals surface area contributed by atoms with Crippen LogP contribution in [0.1, 0.15) is 79.2 Å². The van der Waals surface area contributed by atoms with E-state index in [1.165, 1.54) is 12.0 Å². The molecule has 260 valence electrons. The summed E-state index contributed by atoms with van der Waals surface area (Å²) in [7, 11) is 1.47. The number of hydrogen-bond donors (Lipinski definition) is 3. The van der Waals surface area contributed by atoms with E-state index in [4.69, 9.17) is 25.9 Å². The number of likely N-dealkylation sites (tertiary alicyclic amines) is 1. The van der Waals surface area contributed by atoms with Crippen LogP contribution in [0, 0.1) is 5.41 Å². The van der Waals surface area contributed by atoms with Gasteiger partial charge in [0.15, 0.2) is 5.60 Å². The third-order valence-electron chi connectivity index (χ3n) is 8.23. The Kier molecular flexibility index (Phi) is 12.8. The van der Waals surface area contributed by atoms with Crippen molar-refractivity contribution in [3.05, 3.63) is 34.9 Å². The average molecular weight is 678 g/mol. The first-order valence-corrected chi connectivity index (χ1v) is 16.0. The molecule has 0 aromatic heterocycles. The van der Waals surface area contributed by atoms with E-state index in [2.05, 4.69) is 21.1 Å². The highest BCUT2D eigenvalue weighted by atomic mass is 35.5. The van der Waals surface area contributed by atoms with Gasteiger partial charge in [-0.15, -0.1) is 0 Å². The molecule has 0 bridgehead atoms. The molecule has 4 rings (SSSR count). The van der Waals surface area contributed by atoms with E-state index in [9.17, 15) is 24.0 Å². The maximum Gasteiger partial charge on any atom is 0.407 e. The first-order valence-electron chi connectivity index (χ1n) is 15.7. The van der Waals surface area contributed by atoms with Gasteiger partial charge in [-0.05, 0) is 36.8 Å². The number of rotatable bonds is 13. The third kappa shape index (κ3) is 9.66. The molecule has 4 amide bonds. The number of carbonyl (C=O) groups is 5. The fraction of sp³-hybridized carbons (Fsp3) is 0.636. The molecule has 14 heteroatoms. The van der Waals surface area contributed by atoms with Crippen molar-refractivity contribution in [1.82, 2.24) is 20.9 Å². The van der Waals surface area contributed by atoms with Crippen LogP contribution < -0.4 is 16.0 Å². The summed E-state index contributed by atoms with van der Waals surface area (Å²) in [6.45, 7) is 7.36. The monoisotopic (exact) mass is 677 g/mol. The van der Waals surface area contributed by atoms with Crippen molar-refractivity contribution in [1.29, 1.82) is 0 Å². The van der Waals surface area contributed by atoms with E-state index in [0.717, 1.165) is 18.4 Å². The molecule has 47 heavy (non-hydrogen) atoms. The number of ketones is 1. The van der Waals surface area contributed by atoms with Crippen molar-refractivity contribution >= 4 is 46.9 Å². The number of halogens is 1. The summed E-state index contributed by atoms with van der Waals surface area (Å²) in [6.07, 6.45) is 1.95. The van der Waals surface area contributed by atoms with Crippen molar-refractivity contribution in [3.8, 4) is 0 Å². The van der Waals surface area contributed by atoms with E-state index in [1.54, 1.807) is 39.0 Å². The van der Waals surface area contributed by atoms with Gasteiger partial charge in [-0.3, -0.25) is 19.2 Å². The van der Waals surface area contributed by atoms with E-state index < -0.39 is 58.7 Å². The largest absolute Gasteiger partial charge is 0.447 e. The second-order valence-electron chi connectivity index (χ2n) is 13.2. The fourth-order valence-corrected chi connectivity index (χ4v) is 5.80. The molecule has 2 aliphatic heterocycles. The van der Waals surface area contributed by atoms with Gasteiger partial charge in [0, 0.05) is 36.6 Å². The molecule has 13 nitrogen and oxygen atoms in total. The molecule has 0 unspecified atom stereocenters. The van der Waals surface area contributed by atoms with Crippen molar-refractivity contribution in [2.45, 2.75) is 103 Å². The zero-order chi connectivity index (χ0) is 33.6. The van der Waals surface area contributed by atoms with Crippen LogP contribution in [0.3, 0.4) is 0 Å². The van der Waals surface area contributed by atoms with Crippen LogP contribution in [-0.4, -0.2) is 96.8 Å². The summed E-state index contributed by atoms with van der Waals surface area (Å²) in [5, 5.41) is 12.9. The molecule has 4 atom stereocenters. The Balaban J connectivity index is 0.00000600. The van der Waals surface area contributed by atoms with Crippen molar-refractivity contribution in [2.24, 2.45) is 10.6 Å². The molecular weight excluding hydrogens is 630 g/mol. The van der Waals surface area contributed by atoms with Crippen LogP contribution in [0.5, 0.6) is 0 Å². The van der Waals surface area contributed by atoms with Gasteiger partial charge in [0.05, 0.1) is 24.9 Å². The smallest absolute Gasteiger partial charge is 0.407 e. The van der Waals surface area contributed by atoms with Crippen molar-refractivity contribution in [3.63, 3.8) is 0 Å². The quantitative estimate of drug-likeness (QED) is 0.211. The summed E-state index contributed by atoms with van der Waals surface area (Å²) in [4.78, 5) is 74.0. The lowest BCUT2D eigenvalue weighted by Crippen LogP contribution is -2.59. The number of Topliss-reactive ketones (excluding diaryl/α,β-unsaturated/α-hetero) is 1. The molecule has 0 radical (unpaired) electrons. The first-order chi connectivity index (χ1) is 21.8. The molecule has 1 aromatic rings. The number of alkyl carbamates (subject to hydrolysis) is 1. The average Bonchev–Trinajstić information content (AvgIpc) is 3.59. The maximum absolute atomic E-state index is 14.3. The van der Waals surface area contributed by atoms with Crippen LogP contribution in [0.2, 0.25) is 5.02 Å². The topological polar surface area (TPSA) is 165 Å². The predicted octanol–water partition coefficient (Wildman–Crippen LogP) is 3.36. The van der Waals surface area contributed by atoms with E-state index in [-0.39, 0.29) is 52.5 Å². The number of hydrogen-bond acceptors (Lipinski definition) is 9. The lowest BCUT2D eigenvalue weighted by atomic mass is 9.85. The zero-order valence-electron chi connectivity index (χ0n) is 27.0. The fourth-order valence-electron chi connectivity index (χ4n) is 5.61. The Hall–Kier alpha value is -3.71. The number of ether oxygens (including phenoxy) is 2. The molecule has 1 aromatic carbocycles. The Morgan fingerprint density at radius 2 is 1.87 bits per heavy atom. The van der Waals surface area contributed by atoms with E-state index >= 15 is 0 Å². The molecule has 1 aliphatic carbocycles. The lowest BCUT2D eigenvalue weighted by molar-refractivity contribution is -0.144. The Morgan fingerprint density at radius 3 is 2.49 bits per heavy atom. The molecular formula is C33H48ClN5O8. The summed E-state index contributed by atoms with van der Waals surface area (Å²) in [5.74, 6) is -2.60. The predicted molar refractivity (Wildman–Crippen MR) is 176 cm³/mol. The Bertz CT molecular complexity index is 1360. The van der Waals surface area contributed by atoms with Gasteiger partial charge in [0.2, 0.25) is 17.6 Å². The minimum atomic E-state index is -1.09. The number of methoxy groups -OCH3 is 1. The molecule has 1 saturated heterocycles. The second-order valence-corrected chi connectivity index (χ2v) is 13.7. The van der Waals surface area contributed by atoms with Gasteiger partial charge < -0.3 is 35.2 Å². The summed E-state index contributed by atoms with van der Waals surface area (Å²) >= 11 is 6.21. The zero-order valence-corrected chi connectivity index (χ0v) is 27.8. The van der Waals surface area contributed by atoms with Crippen LogP contribution in [-0.2, 0) is 33.5 Å². The number of carbonyl (C=O) groups excluding carboxylic acids is 5. The maximum atomic E-state index is 14.3. The Morgan fingerprint density at radius 1 is 1.15 bits per heavy atom. The van der Waals surface area contributed by atoms with Gasteiger partial charge >= 0.3 is 6.09 Å². The lowest BCUT2D eigenvalue weighted by Gasteiger charge is -2.35. The van der Waals surface area contributed by atoms with Crippen LogP contribution in [0.4, 0.5) is 4.79 Å². The van der Waals surface area contributed by atoms with Gasteiger partial charge in [0.25, 0.3) is 5.91 Å². The van der Waals surface area contributed by atoms with Crippen LogP contribution in [0.25, 0.3) is 0 Å². The second kappa shape index (κ2) is 15.9. The molecule has 1 spiro atoms. The minimum Gasteiger partial charge on any atom is -0.447 e. The van der Waals surface area contributed by atoms with Gasteiger partial charge in [-0.25, -0.2) is 4.79 Å². The van der Waals surface area contributed by atoms with Crippen molar-refractivity contribution in [2.75, 3.05) is 26.9 Å². The van der Waals surface area contributed by atoms with Crippen LogP contribution >= 0.6 is 11.6 Å². The highest BCUT2D eigenvalue weighted by Gasteiger charge is 2.55. The molecule has 3 N–H and O–H groups in total. The first kappa shape index (κ1) is 37.7. The highest BCUT2D eigenvalue weighted by molar-refractivity contribution is 6.38. The standard InChI is InChI=1S/C32H44ClN5O8.CH4/c1-6-8-22(25(39)28(41)34-21-11-12-21)35-27(40)24-17-32(16-23(37-46-32)19-9-7-10-20(33)15-19)18-38(24)29(42)26(31(2,3)4)36-30(43)45-14-13-44-5;/h7,9-10,15,21-22,24,26H,6,8,11-14,16-18H2,1-5H3,(H,34,41)(H,35,40)(H,36,43);1H4/t22-,24-,26+,32+;/m0./s1. The highest BCUT2D eigenvalue weighted by Crippen LogP contribution is 2.40. The summed E-state index contributed by atoms with van der Waals surface area (Å²) in [6, 6.07) is 3.88. The minimum absolute atomic E-state index is 0. The molecule has 2 fully saturated rings. The van der Waals surface area contributed by atoms with Gasteiger partial charge in [-0.2, -0.15) is 0 Å². The summed E-state index contributed by atoms with van der Waals surface area (Å²) < 4.78 is 10.1. The number of benzene rings is 1. The number of nitrogens with zero attached hydrogens (tertiary/aromatic N) is 2. The number of nitrogens with one attached hydrogen (secondary N) is 3.